The van der Waals surface area contributed by atoms with Gasteiger partial charge in [0.2, 0.25) is 5.91 Å². The Labute approximate surface area is 207 Å². The SMILES string of the molecule is CC(C)CN1C(=O)C(C)(C)COc2ccc(NC(=O)NC(c3ccccc3)c3ccccc3)cc21. The number of carbonyl (C=O) groups excluding carboxylic acids is 2. The second-order valence-electron chi connectivity index (χ2n) is 10.0. The predicted molar refractivity (Wildman–Crippen MR) is 140 cm³/mol. The van der Waals surface area contributed by atoms with Crippen LogP contribution in [0.3, 0.4) is 0 Å². The summed E-state index contributed by atoms with van der Waals surface area (Å²) in [5, 5.41) is 6.04. The highest BCUT2D eigenvalue weighted by Gasteiger charge is 2.38. The number of nitrogens with one attached hydrogen (secondary N) is 2. The van der Waals surface area contributed by atoms with Crippen molar-refractivity contribution in [3.63, 3.8) is 0 Å². The number of urea groups is 1. The molecule has 3 aromatic rings. The Hall–Kier alpha value is -3.80. The van der Waals surface area contributed by atoms with Gasteiger partial charge >= 0.3 is 6.03 Å². The van der Waals surface area contributed by atoms with Crippen molar-refractivity contribution < 1.29 is 14.3 Å². The Balaban J connectivity index is 1.59. The van der Waals surface area contributed by atoms with Crippen molar-refractivity contribution in [3.05, 3.63) is 90.0 Å². The van der Waals surface area contributed by atoms with Gasteiger partial charge < -0.3 is 20.3 Å². The molecule has 0 bridgehead atoms. The van der Waals surface area contributed by atoms with E-state index in [4.69, 9.17) is 4.74 Å². The van der Waals surface area contributed by atoms with Gasteiger partial charge in [0.1, 0.15) is 12.4 Å². The van der Waals surface area contributed by atoms with E-state index in [1.807, 2.05) is 86.6 Å². The summed E-state index contributed by atoms with van der Waals surface area (Å²) in [5.41, 5.74) is 2.60. The second-order valence-corrected chi connectivity index (χ2v) is 10.0. The lowest BCUT2D eigenvalue weighted by Gasteiger charge is -2.29. The number of hydrogen-bond donors (Lipinski definition) is 2. The van der Waals surface area contributed by atoms with Gasteiger partial charge in [-0.1, -0.05) is 74.5 Å². The molecule has 2 N–H and O–H groups in total. The normalized spacial score (nSPS) is 14.8. The summed E-state index contributed by atoms with van der Waals surface area (Å²) in [4.78, 5) is 28.2. The predicted octanol–water partition coefficient (Wildman–Crippen LogP) is 6.01. The van der Waals surface area contributed by atoms with E-state index in [0.717, 1.165) is 11.1 Å². The quantitative estimate of drug-likeness (QED) is 0.463. The molecule has 1 aliphatic heterocycles. The summed E-state index contributed by atoms with van der Waals surface area (Å²) in [6.07, 6.45) is 0. The minimum atomic E-state index is -0.641. The van der Waals surface area contributed by atoms with Crippen LogP contribution >= 0.6 is 0 Å². The van der Waals surface area contributed by atoms with Gasteiger partial charge in [0.15, 0.2) is 0 Å². The number of ether oxygens (including phenoxy) is 1. The van der Waals surface area contributed by atoms with Crippen LogP contribution in [-0.2, 0) is 4.79 Å². The summed E-state index contributed by atoms with van der Waals surface area (Å²) in [5.74, 6) is 0.930. The van der Waals surface area contributed by atoms with Crippen molar-refractivity contribution in [2.24, 2.45) is 11.3 Å². The van der Waals surface area contributed by atoms with Crippen LogP contribution < -0.4 is 20.3 Å². The van der Waals surface area contributed by atoms with Crippen LogP contribution in [0.1, 0.15) is 44.9 Å². The molecule has 0 unspecified atom stereocenters. The maximum atomic E-state index is 13.3. The maximum absolute atomic E-state index is 13.3. The third-order valence-corrected chi connectivity index (χ3v) is 6.01. The summed E-state index contributed by atoms with van der Waals surface area (Å²) < 4.78 is 6.00. The number of amides is 3. The third-order valence-electron chi connectivity index (χ3n) is 6.01. The molecule has 0 radical (unpaired) electrons. The average Bonchev–Trinajstić information content (AvgIpc) is 2.93. The van der Waals surface area contributed by atoms with Crippen LogP contribution in [0.5, 0.6) is 5.75 Å². The molecule has 182 valence electrons. The third kappa shape index (κ3) is 5.65. The lowest BCUT2D eigenvalue weighted by Crippen LogP contribution is -2.43. The number of benzene rings is 3. The van der Waals surface area contributed by atoms with E-state index in [2.05, 4.69) is 24.5 Å². The Bertz CT molecular complexity index is 1140. The van der Waals surface area contributed by atoms with Gasteiger partial charge in [-0.2, -0.15) is 0 Å². The van der Waals surface area contributed by atoms with Crippen LogP contribution in [0.15, 0.2) is 78.9 Å². The minimum absolute atomic E-state index is 0.0137. The molecule has 6 heteroatoms. The standard InChI is InChI=1S/C29H33N3O3/c1-20(2)18-32-24-17-23(15-16-25(24)35-19-29(3,4)27(32)33)30-28(34)31-26(21-11-7-5-8-12-21)22-13-9-6-10-14-22/h5-17,20,26H,18-19H2,1-4H3,(H2,30,31,34). The van der Waals surface area contributed by atoms with Crippen LogP contribution in [-0.4, -0.2) is 25.1 Å². The Morgan fingerprint density at radius 2 is 1.57 bits per heavy atom. The molecule has 1 heterocycles. The van der Waals surface area contributed by atoms with E-state index in [1.54, 1.807) is 11.0 Å². The molecule has 4 rings (SSSR count). The first-order valence-corrected chi connectivity index (χ1v) is 12.0. The molecule has 3 aromatic carbocycles. The largest absolute Gasteiger partial charge is 0.490 e. The van der Waals surface area contributed by atoms with Crippen molar-refractivity contribution in [1.82, 2.24) is 5.32 Å². The highest BCUT2D eigenvalue weighted by atomic mass is 16.5. The molecule has 0 spiro atoms. The number of fused-ring (bicyclic) bond motifs is 1. The van der Waals surface area contributed by atoms with Crippen molar-refractivity contribution in [2.45, 2.75) is 33.7 Å². The summed E-state index contributed by atoms with van der Waals surface area (Å²) in [7, 11) is 0. The van der Waals surface area contributed by atoms with E-state index in [1.165, 1.54) is 0 Å². The molecule has 0 aromatic heterocycles. The zero-order valence-electron chi connectivity index (χ0n) is 20.7. The van der Waals surface area contributed by atoms with Gasteiger partial charge in [0.05, 0.1) is 17.1 Å². The lowest BCUT2D eigenvalue weighted by molar-refractivity contribution is -0.127. The summed E-state index contributed by atoms with van der Waals surface area (Å²) in [6.45, 7) is 8.82. The lowest BCUT2D eigenvalue weighted by atomic mass is 9.92. The van der Waals surface area contributed by atoms with Gasteiger partial charge in [0, 0.05) is 12.2 Å². The van der Waals surface area contributed by atoms with Crippen LogP contribution in [0.4, 0.5) is 16.2 Å². The van der Waals surface area contributed by atoms with Crippen LogP contribution in [0.2, 0.25) is 0 Å². The van der Waals surface area contributed by atoms with Gasteiger partial charge in [-0.3, -0.25) is 4.79 Å². The molecule has 0 aliphatic carbocycles. The molecule has 0 atom stereocenters. The molecule has 3 amide bonds. The van der Waals surface area contributed by atoms with E-state index in [-0.39, 0.29) is 23.9 Å². The number of anilines is 2. The van der Waals surface area contributed by atoms with Gasteiger partial charge in [-0.25, -0.2) is 4.79 Å². The number of carbonyl (C=O) groups is 2. The first kappa shape index (κ1) is 24.3. The highest BCUT2D eigenvalue weighted by Crippen LogP contribution is 2.38. The van der Waals surface area contributed by atoms with Crippen molar-refractivity contribution >= 4 is 23.3 Å². The van der Waals surface area contributed by atoms with Gasteiger partial charge in [0.25, 0.3) is 0 Å². The minimum Gasteiger partial charge on any atom is -0.490 e. The zero-order chi connectivity index (χ0) is 25.0. The van der Waals surface area contributed by atoms with Gasteiger partial charge in [-0.15, -0.1) is 0 Å². The Morgan fingerprint density at radius 3 is 2.14 bits per heavy atom. The van der Waals surface area contributed by atoms with Crippen LogP contribution in [0.25, 0.3) is 0 Å². The van der Waals surface area contributed by atoms with Crippen molar-refractivity contribution in [2.75, 3.05) is 23.4 Å². The Morgan fingerprint density at radius 1 is 0.971 bits per heavy atom. The monoisotopic (exact) mass is 471 g/mol. The molecular formula is C29H33N3O3. The van der Waals surface area contributed by atoms with E-state index >= 15 is 0 Å². The fourth-order valence-corrected chi connectivity index (χ4v) is 4.22. The van der Waals surface area contributed by atoms with E-state index in [9.17, 15) is 9.59 Å². The smallest absolute Gasteiger partial charge is 0.319 e. The zero-order valence-corrected chi connectivity index (χ0v) is 20.7. The number of rotatable bonds is 6. The summed E-state index contributed by atoms with van der Waals surface area (Å²) in [6, 6.07) is 24.5. The molecule has 35 heavy (non-hydrogen) atoms. The summed E-state index contributed by atoms with van der Waals surface area (Å²) >= 11 is 0. The van der Waals surface area contributed by atoms with Gasteiger partial charge in [-0.05, 0) is 49.1 Å². The molecular weight excluding hydrogens is 438 g/mol. The number of hydrogen-bond acceptors (Lipinski definition) is 3. The Kier molecular flexibility index (Phi) is 7.10. The maximum Gasteiger partial charge on any atom is 0.319 e. The highest BCUT2D eigenvalue weighted by molar-refractivity contribution is 6.00. The second kappa shape index (κ2) is 10.2. The molecule has 0 saturated heterocycles. The molecule has 0 fully saturated rings. The average molecular weight is 472 g/mol. The molecule has 6 nitrogen and oxygen atoms in total. The van der Waals surface area contributed by atoms with Crippen LogP contribution in [0, 0.1) is 11.3 Å². The number of nitrogens with zero attached hydrogens (tertiary/aromatic N) is 1. The fourth-order valence-electron chi connectivity index (χ4n) is 4.22. The topological polar surface area (TPSA) is 70.7 Å². The van der Waals surface area contributed by atoms with Crippen molar-refractivity contribution in [3.8, 4) is 5.75 Å². The first-order valence-electron chi connectivity index (χ1n) is 12.0. The molecule has 1 aliphatic rings. The van der Waals surface area contributed by atoms with Crippen molar-refractivity contribution in [1.29, 1.82) is 0 Å². The molecule has 0 saturated carbocycles. The fraction of sp³-hybridized carbons (Fsp3) is 0.310. The van der Waals surface area contributed by atoms with E-state index in [0.29, 0.717) is 30.3 Å². The van der Waals surface area contributed by atoms with E-state index < -0.39 is 5.41 Å². The first-order chi connectivity index (χ1) is 16.7.